The van der Waals surface area contributed by atoms with Gasteiger partial charge in [0.05, 0.1) is 29.5 Å². The van der Waals surface area contributed by atoms with Crippen molar-refractivity contribution >= 4 is 23.2 Å². The van der Waals surface area contributed by atoms with Crippen LogP contribution in [0, 0.1) is 0 Å². The Kier molecular flexibility index (Phi) is 5.07. The molecular weight excluding hydrogens is 360 g/mol. The summed E-state index contributed by atoms with van der Waals surface area (Å²) in [7, 11) is 1.59. The minimum absolute atomic E-state index is 0.0366. The maximum Gasteiger partial charge on any atom is 0.269 e. The molecule has 0 radical (unpaired) electrons. The summed E-state index contributed by atoms with van der Waals surface area (Å²) in [6.07, 6.45) is 3.41. The highest BCUT2D eigenvalue weighted by molar-refractivity contribution is 5.95. The molecule has 2 amide bonds. The van der Waals surface area contributed by atoms with Gasteiger partial charge in [0, 0.05) is 39.8 Å². The third kappa shape index (κ3) is 3.89. The number of hydrogen-bond acceptors (Lipinski definition) is 7. The highest BCUT2D eigenvalue weighted by Crippen LogP contribution is 2.27. The van der Waals surface area contributed by atoms with Crippen LogP contribution >= 0.6 is 0 Å². The zero-order valence-corrected chi connectivity index (χ0v) is 15.6. The van der Waals surface area contributed by atoms with E-state index in [0.29, 0.717) is 23.7 Å². The Balaban J connectivity index is 1.34. The molecule has 0 aromatic carbocycles. The summed E-state index contributed by atoms with van der Waals surface area (Å²) in [5.74, 6) is 0.283. The lowest BCUT2D eigenvalue weighted by Crippen LogP contribution is -2.46. The standard InChI is InChI=1S/C19H22N6O3/c1-20-19(27)15-3-2-14(9-22-15)25-6-4-24(5-7-25)11-13-8-16-17(10-21-13)28-12-18(26)23-16/h2-3,8-10H,4-7,11-12H2,1H3,(H,20,27)(H,23,26). The fraction of sp³-hybridized carbons (Fsp3) is 0.368. The lowest BCUT2D eigenvalue weighted by atomic mass is 10.2. The van der Waals surface area contributed by atoms with Crippen LogP contribution in [0.15, 0.2) is 30.6 Å². The number of carbonyl (C=O) groups excluding carboxylic acids is 2. The van der Waals surface area contributed by atoms with E-state index in [1.165, 1.54) is 0 Å². The van der Waals surface area contributed by atoms with Gasteiger partial charge in [-0.05, 0) is 18.2 Å². The Morgan fingerprint density at radius 2 is 2.04 bits per heavy atom. The first-order valence-electron chi connectivity index (χ1n) is 9.19. The molecule has 1 fully saturated rings. The molecule has 4 heterocycles. The number of carbonyl (C=O) groups is 2. The lowest BCUT2D eigenvalue weighted by molar-refractivity contribution is -0.118. The Bertz CT molecular complexity index is 878. The number of piperazine rings is 1. The molecule has 2 aromatic heterocycles. The second kappa shape index (κ2) is 7.81. The van der Waals surface area contributed by atoms with Crippen molar-refractivity contribution < 1.29 is 14.3 Å². The van der Waals surface area contributed by atoms with Crippen LogP contribution < -0.4 is 20.3 Å². The zero-order valence-electron chi connectivity index (χ0n) is 15.6. The first-order valence-corrected chi connectivity index (χ1v) is 9.19. The molecule has 2 N–H and O–H groups in total. The highest BCUT2D eigenvalue weighted by atomic mass is 16.5. The number of pyridine rings is 2. The Morgan fingerprint density at radius 3 is 2.75 bits per heavy atom. The Hall–Kier alpha value is -3.20. The van der Waals surface area contributed by atoms with Gasteiger partial charge in [-0.3, -0.25) is 19.5 Å². The van der Waals surface area contributed by atoms with Crippen LogP contribution in [0.3, 0.4) is 0 Å². The molecular formula is C19H22N6O3. The molecule has 0 saturated carbocycles. The number of ether oxygens (including phenoxy) is 1. The Morgan fingerprint density at radius 1 is 1.21 bits per heavy atom. The third-order valence-corrected chi connectivity index (χ3v) is 4.89. The largest absolute Gasteiger partial charge is 0.480 e. The van der Waals surface area contributed by atoms with E-state index < -0.39 is 0 Å². The molecule has 0 atom stereocenters. The average molecular weight is 382 g/mol. The number of hydrogen-bond donors (Lipinski definition) is 2. The van der Waals surface area contributed by atoms with Gasteiger partial charge in [-0.2, -0.15) is 0 Å². The van der Waals surface area contributed by atoms with Gasteiger partial charge in [0.15, 0.2) is 12.4 Å². The van der Waals surface area contributed by atoms with Crippen molar-refractivity contribution in [3.8, 4) is 5.75 Å². The average Bonchev–Trinajstić information content (AvgIpc) is 2.73. The summed E-state index contributed by atoms with van der Waals surface area (Å²) in [5.41, 5.74) is 3.01. The number of anilines is 2. The van der Waals surface area contributed by atoms with Crippen LogP contribution in [0.4, 0.5) is 11.4 Å². The van der Waals surface area contributed by atoms with Crippen molar-refractivity contribution in [2.45, 2.75) is 6.54 Å². The van der Waals surface area contributed by atoms with Crippen molar-refractivity contribution in [2.75, 3.05) is 50.1 Å². The number of aromatic nitrogens is 2. The van der Waals surface area contributed by atoms with E-state index in [1.54, 1.807) is 25.5 Å². The molecule has 2 aliphatic rings. The summed E-state index contributed by atoms with van der Waals surface area (Å²) in [6.45, 7) is 4.26. The summed E-state index contributed by atoms with van der Waals surface area (Å²) < 4.78 is 5.35. The Labute approximate surface area is 162 Å². The maximum atomic E-state index is 11.6. The van der Waals surface area contributed by atoms with Crippen molar-refractivity contribution in [1.82, 2.24) is 20.2 Å². The van der Waals surface area contributed by atoms with Gasteiger partial charge in [0.1, 0.15) is 5.69 Å². The molecule has 9 heteroatoms. The molecule has 2 aliphatic heterocycles. The third-order valence-electron chi connectivity index (χ3n) is 4.89. The summed E-state index contributed by atoms with van der Waals surface area (Å²) in [6, 6.07) is 5.55. The molecule has 2 aromatic rings. The number of rotatable bonds is 4. The highest BCUT2D eigenvalue weighted by Gasteiger charge is 2.20. The van der Waals surface area contributed by atoms with Crippen LogP contribution in [-0.2, 0) is 11.3 Å². The van der Waals surface area contributed by atoms with E-state index in [1.807, 2.05) is 12.1 Å². The zero-order chi connectivity index (χ0) is 19.5. The number of nitrogens with one attached hydrogen (secondary N) is 2. The van der Waals surface area contributed by atoms with Crippen LogP contribution in [-0.4, -0.2) is 66.5 Å². The van der Waals surface area contributed by atoms with Crippen LogP contribution in [0.2, 0.25) is 0 Å². The minimum Gasteiger partial charge on any atom is -0.480 e. The number of amides is 2. The van der Waals surface area contributed by atoms with Gasteiger partial charge in [-0.25, -0.2) is 4.98 Å². The number of nitrogens with zero attached hydrogens (tertiary/aromatic N) is 4. The molecule has 28 heavy (non-hydrogen) atoms. The molecule has 146 valence electrons. The van der Waals surface area contributed by atoms with Crippen LogP contribution in [0.25, 0.3) is 0 Å². The lowest BCUT2D eigenvalue weighted by Gasteiger charge is -2.35. The van der Waals surface area contributed by atoms with Gasteiger partial charge >= 0.3 is 0 Å². The maximum absolute atomic E-state index is 11.6. The molecule has 0 unspecified atom stereocenters. The van der Waals surface area contributed by atoms with Crippen LogP contribution in [0.1, 0.15) is 16.2 Å². The predicted molar refractivity (Wildman–Crippen MR) is 103 cm³/mol. The normalized spacial score (nSPS) is 16.8. The number of fused-ring (bicyclic) bond motifs is 1. The summed E-state index contributed by atoms with van der Waals surface area (Å²) >= 11 is 0. The van der Waals surface area contributed by atoms with Gasteiger partial charge in [0.2, 0.25) is 0 Å². The van der Waals surface area contributed by atoms with Gasteiger partial charge in [-0.1, -0.05) is 0 Å². The smallest absolute Gasteiger partial charge is 0.269 e. The first-order chi connectivity index (χ1) is 13.6. The monoisotopic (exact) mass is 382 g/mol. The molecule has 0 spiro atoms. The molecule has 0 aliphatic carbocycles. The van der Waals surface area contributed by atoms with E-state index in [0.717, 1.165) is 37.6 Å². The van der Waals surface area contributed by atoms with E-state index >= 15 is 0 Å². The second-order valence-electron chi connectivity index (χ2n) is 6.75. The van der Waals surface area contributed by atoms with Crippen molar-refractivity contribution in [1.29, 1.82) is 0 Å². The molecule has 4 rings (SSSR count). The SMILES string of the molecule is CNC(=O)c1ccc(N2CCN(Cc3cc4c(cn3)OCC(=O)N4)CC2)cn1. The summed E-state index contributed by atoms with van der Waals surface area (Å²) in [5, 5.41) is 5.39. The fourth-order valence-electron chi connectivity index (χ4n) is 3.34. The van der Waals surface area contributed by atoms with E-state index in [-0.39, 0.29) is 18.4 Å². The van der Waals surface area contributed by atoms with Crippen molar-refractivity contribution in [3.63, 3.8) is 0 Å². The quantitative estimate of drug-likeness (QED) is 0.794. The van der Waals surface area contributed by atoms with E-state index in [2.05, 4.69) is 30.4 Å². The van der Waals surface area contributed by atoms with Crippen LogP contribution in [0.5, 0.6) is 5.75 Å². The van der Waals surface area contributed by atoms with E-state index in [4.69, 9.17) is 4.74 Å². The molecule has 0 bridgehead atoms. The summed E-state index contributed by atoms with van der Waals surface area (Å²) in [4.78, 5) is 36.3. The first kappa shape index (κ1) is 18.2. The predicted octanol–water partition coefficient (Wildman–Crippen LogP) is 0.489. The van der Waals surface area contributed by atoms with E-state index in [9.17, 15) is 9.59 Å². The molecule has 9 nitrogen and oxygen atoms in total. The van der Waals surface area contributed by atoms with Gasteiger partial charge in [-0.15, -0.1) is 0 Å². The second-order valence-corrected chi connectivity index (χ2v) is 6.75. The van der Waals surface area contributed by atoms with Gasteiger partial charge in [0.25, 0.3) is 11.8 Å². The topological polar surface area (TPSA) is 99.7 Å². The minimum atomic E-state index is -0.185. The van der Waals surface area contributed by atoms with Gasteiger partial charge < -0.3 is 20.3 Å². The fourth-order valence-corrected chi connectivity index (χ4v) is 3.34. The molecule has 1 saturated heterocycles. The van der Waals surface area contributed by atoms with Crippen molar-refractivity contribution in [2.24, 2.45) is 0 Å². The van der Waals surface area contributed by atoms with Crippen molar-refractivity contribution in [3.05, 3.63) is 42.0 Å².